The first-order chi connectivity index (χ1) is 13.0. The highest BCUT2D eigenvalue weighted by Crippen LogP contribution is 2.36. The molecule has 0 radical (unpaired) electrons. The minimum atomic E-state index is -0.526. The van der Waals surface area contributed by atoms with Crippen LogP contribution in [-0.4, -0.2) is 9.91 Å². The van der Waals surface area contributed by atoms with E-state index in [4.69, 9.17) is 10.00 Å². The van der Waals surface area contributed by atoms with Crippen LogP contribution in [0.5, 0.6) is 11.5 Å². The summed E-state index contributed by atoms with van der Waals surface area (Å²) in [4.78, 5) is 14.9. The standard InChI is InChI=1S/C20H16N4O3/c1-13-4-3-5-14(2)20(13)27-18-10-19(22-12-17(18)24(25)26)23-16-8-6-15(11-21)7-9-16/h3-10,12H,1-2H3,(H,22,23). The summed E-state index contributed by atoms with van der Waals surface area (Å²) in [5.74, 6) is 1.08. The van der Waals surface area contributed by atoms with E-state index in [1.165, 1.54) is 6.07 Å². The van der Waals surface area contributed by atoms with Gasteiger partial charge in [-0.15, -0.1) is 0 Å². The van der Waals surface area contributed by atoms with Crippen molar-refractivity contribution in [1.82, 2.24) is 4.98 Å². The number of anilines is 2. The molecule has 0 saturated carbocycles. The van der Waals surface area contributed by atoms with E-state index in [0.29, 0.717) is 22.8 Å². The number of hydrogen-bond acceptors (Lipinski definition) is 6. The molecule has 0 atom stereocenters. The fraction of sp³-hybridized carbons (Fsp3) is 0.100. The van der Waals surface area contributed by atoms with Crippen molar-refractivity contribution >= 4 is 17.2 Å². The van der Waals surface area contributed by atoms with E-state index in [-0.39, 0.29) is 11.4 Å². The van der Waals surface area contributed by atoms with Crippen LogP contribution < -0.4 is 10.1 Å². The predicted octanol–water partition coefficient (Wildman–Crippen LogP) is 5.01. The van der Waals surface area contributed by atoms with Gasteiger partial charge in [0.15, 0.2) is 0 Å². The maximum Gasteiger partial charge on any atom is 0.329 e. The Morgan fingerprint density at radius 2 is 1.81 bits per heavy atom. The van der Waals surface area contributed by atoms with Gasteiger partial charge in [-0.1, -0.05) is 18.2 Å². The summed E-state index contributed by atoms with van der Waals surface area (Å²) in [7, 11) is 0. The van der Waals surface area contributed by atoms with Crippen molar-refractivity contribution in [2.45, 2.75) is 13.8 Å². The van der Waals surface area contributed by atoms with Crippen LogP contribution in [0, 0.1) is 35.3 Å². The lowest BCUT2D eigenvalue weighted by Gasteiger charge is -2.13. The quantitative estimate of drug-likeness (QED) is 0.507. The van der Waals surface area contributed by atoms with Gasteiger partial charge in [-0.25, -0.2) is 4.98 Å². The van der Waals surface area contributed by atoms with Gasteiger partial charge < -0.3 is 10.1 Å². The summed E-state index contributed by atoms with van der Waals surface area (Å²) in [5, 5.41) is 23.3. The first kappa shape index (κ1) is 17.9. The Labute approximate surface area is 156 Å². The molecule has 0 spiro atoms. The van der Waals surface area contributed by atoms with Crippen LogP contribution in [0.3, 0.4) is 0 Å². The Balaban J connectivity index is 1.95. The van der Waals surface area contributed by atoms with Gasteiger partial charge in [-0.3, -0.25) is 10.1 Å². The van der Waals surface area contributed by atoms with Crippen LogP contribution >= 0.6 is 0 Å². The highest BCUT2D eigenvalue weighted by Gasteiger charge is 2.19. The SMILES string of the molecule is Cc1cccc(C)c1Oc1cc(Nc2ccc(C#N)cc2)ncc1[N+](=O)[O-]. The van der Waals surface area contributed by atoms with Crippen LogP contribution in [0.4, 0.5) is 17.2 Å². The average Bonchev–Trinajstić information content (AvgIpc) is 2.65. The van der Waals surface area contributed by atoms with Gasteiger partial charge in [0.05, 0.1) is 16.6 Å². The van der Waals surface area contributed by atoms with E-state index in [0.717, 1.165) is 17.3 Å². The molecule has 0 amide bonds. The zero-order valence-electron chi connectivity index (χ0n) is 14.8. The largest absolute Gasteiger partial charge is 0.449 e. The minimum Gasteiger partial charge on any atom is -0.449 e. The Hall–Kier alpha value is -3.92. The lowest BCUT2D eigenvalue weighted by Crippen LogP contribution is -2.00. The fourth-order valence-corrected chi connectivity index (χ4v) is 2.56. The maximum atomic E-state index is 11.4. The highest BCUT2D eigenvalue weighted by atomic mass is 16.6. The van der Waals surface area contributed by atoms with Gasteiger partial charge in [0.25, 0.3) is 0 Å². The molecule has 0 bridgehead atoms. The minimum absolute atomic E-state index is 0.101. The first-order valence-corrected chi connectivity index (χ1v) is 8.13. The molecule has 7 heteroatoms. The number of para-hydroxylation sites is 1. The number of aryl methyl sites for hydroxylation is 2. The van der Waals surface area contributed by atoms with E-state index < -0.39 is 4.92 Å². The van der Waals surface area contributed by atoms with Crippen LogP contribution in [0.1, 0.15) is 16.7 Å². The van der Waals surface area contributed by atoms with E-state index in [1.807, 2.05) is 38.1 Å². The van der Waals surface area contributed by atoms with E-state index in [9.17, 15) is 10.1 Å². The average molecular weight is 360 g/mol. The molecule has 0 aliphatic rings. The summed E-state index contributed by atoms with van der Waals surface area (Å²) in [6.07, 6.45) is 1.16. The summed E-state index contributed by atoms with van der Waals surface area (Å²) in [6.45, 7) is 3.76. The number of nitriles is 1. The predicted molar refractivity (Wildman–Crippen MR) is 101 cm³/mol. The molecule has 2 aromatic carbocycles. The third kappa shape index (κ3) is 4.02. The van der Waals surface area contributed by atoms with Crippen molar-refractivity contribution in [3.05, 3.63) is 81.5 Å². The lowest BCUT2D eigenvalue weighted by atomic mass is 10.1. The number of hydrogen-bond donors (Lipinski definition) is 1. The van der Waals surface area contributed by atoms with Gasteiger partial charge in [0, 0.05) is 11.8 Å². The molecule has 3 rings (SSSR count). The number of nitrogens with zero attached hydrogens (tertiary/aromatic N) is 3. The highest BCUT2D eigenvalue weighted by molar-refractivity contribution is 5.62. The summed E-state index contributed by atoms with van der Waals surface area (Å²) in [6, 6.07) is 16.0. The van der Waals surface area contributed by atoms with E-state index in [1.54, 1.807) is 24.3 Å². The third-order valence-electron chi connectivity index (χ3n) is 3.95. The van der Waals surface area contributed by atoms with Crippen molar-refractivity contribution in [3.63, 3.8) is 0 Å². The van der Waals surface area contributed by atoms with Crippen molar-refractivity contribution in [2.24, 2.45) is 0 Å². The summed E-state index contributed by atoms with van der Waals surface area (Å²) in [5.41, 5.74) is 2.78. The van der Waals surface area contributed by atoms with Crippen LogP contribution in [0.2, 0.25) is 0 Å². The molecule has 1 heterocycles. The molecule has 27 heavy (non-hydrogen) atoms. The molecule has 3 aromatic rings. The second-order valence-corrected chi connectivity index (χ2v) is 5.93. The second kappa shape index (κ2) is 7.54. The molecule has 0 saturated heterocycles. The van der Waals surface area contributed by atoms with Crippen LogP contribution in [0.25, 0.3) is 0 Å². The van der Waals surface area contributed by atoms with Crippen LogP contribution in [-0.2, 0) is 0 Å². The molecule has 0 aliphatic carbocycles. The number of pyridine rings is 1. The topological polar surface area (TPSA) is 101 Å². The van der Waals surface area contributed by atoms with Crippen molar-refractivity contribution in [3.8, 4) is 17.6 Å². The second-order valence-electron chi connectivity index (χ2n) is 5.93. The van der Waals surface area contributed by atoms with Gasteiger partial charge in [0.1, 0.15) is 17.8 Å². The normalized spacial score (nSPS) is 10.1. The van der Waals surface area contributed by atoms with Gasteiger partial charge in [0.2, 0.25) is 5.75 Å². The Morgan fingerprint density at radius 1 is 1.15 bits per heavy atom. The Kier molecular flexibility index (Phi) is 4.99. The maximum absolute atomic E-state index is 11.4. The van der Waals surface area contributed by atoms with Crippen LogP contribution in [0.15, 0.2) is 54.7 Å². The fourth-order valence-electron chi connectivity index (χ4n) is 2.56. The zero-order valence-corrected chi connectivity index (χ0v) is 14.8. The number of ether oxygens (including phenoxy) is 1. The molecule has 0 aliphatic heterocycles. The number of rotatable bonds is 5. The molecular formula is C20H16N4O3. The number of nitro groups is 1. The molecule has 134 valence electrons. The number of aromatic nitrogens is 1. The lowest BCUT2D eigenvalue weighted by molar-refractivity contribution is -0.385. The van der Waals surface area contributed by atoms with Gasteiger partial charge in [-0.05, 0) is 49.2 Å². The molecule has 0 unspecified atom stereocenters. The summed E-state index contributed by atoms with van der Waals surface area (Å²) < 4.78 is 5.88. The van der Waals surface area contributed by atoms with Gasteiger partial charge in [-0.2, -0.15) is 5.26 Å². The first-order valence-electron chi connectivity index (χ1n) is 8.13. The monoisotopic (exact) mass is 360 g/mol. The van der Waals surface area contributed by atoms with Gasteiger partial charge >= 0.3 is 5.69 Å². The molecule has 7 nitrogen and oxygen atoms in total. The van der Waals surface area contributed by atoms with E-state index in [2.05, 4.69) is 10.3 Å². The smallest absolute Gasteiger partial charge is 0.329 e. The van der Waals surface area contributed by atoms with Crippen molar-refractivity contribution < 1.29 is 9.66 Å². The number of benzene rings is 2. The summed E-state index contributed by atoms with van der Waals surface area (Å²) >= 11 is 0. The Morgan fingerprint density at radius 3 is 2.41 bits per heavy atom. The Bertz CT molecular complexity index is 1020. The van der Waals surface area contributed by atoms with Crippen molar-refractivity contribution in [1.29, 1.82) is 5.26 Å². The van der Waals surface area contributed by atoms with Crippen molar-refractivity contribution in [2.75, 3.05) is 5.32 Å². The third-order valence-corrected chi connectivity index (χ3v) is 3.95. The number of nitrogens with one attached hydrogen (secondary N) is 1. The zero-order chi connectivity index (χ0) is 19.4. The van der Waals surface area contributed by atoms with E-state index >= 15 is 0 Å². The molecule has 1 N–H and O–H groups in total. The molecular weight excluding hydrogens is 344 g/mol. The molecule has 1 aromatic heterocycles. The molecule has 0 fully saturated rings.